The summed E-state index contributed by atoms with van der Waals surface area (Å²) < 4.78 is 11.0. The second-order valence-corrected chi connectivity index (χ2v) is 8.27. The summed E-state index contributed by atoms with van der Waals surface area (Å²) in [7, 11) is 0. The third-order valence-electron chi connectivity index (χ3n) is 4.74. The predicted molar refractivity (Wildman–Crippen MR) is 135 cm³/mol. The Morgan fingerprint density at radius 2 is 1.88 bits per heavy atom. The van der Waals surface area contributed by atoms with E-state index in [-0.39, 0.29) is 13.2 Å². The average Bonchev–Trinajstić information content (AvgIpc) is 2.79. The van der Waals surface area contributed by atoms with Crippen LogP contribution in [0.3, 0.4) is 0 Å². The third-order valence-corrected chi connectivity index (χ3v) is 5.61. The summed E-state index contributed by atoms with van der Waals surface area (Å²) in [6.07, 6.45) is 1.36. The molecule has 0 saturated carbocycles. The first-order chi connectivity index (χ1) is 16.3. The van der Waals surface area contributed by atoms with Crippen molar-refractivity contribution in [2.75, 3.05) is 13.2 Å². The minimum Gasteiger partial charge on any atom is -0.483 e. The largest absolute Gasteiger partial charge is 0.483 e. The molecule has 178 valence electrons. The highest BCUT2D eigenvalue weighted by Gasteiger charge is 2.32. The number of carbonyl (C=O) groups is 2. The van der Waals surface area contributed by atoms with Gasteiger partial charge in [-0.15, -0.1) is 0 Å². The van der Waals surface area contributed by atoms with Crippen molar-refractivity contribution < 1.29 is 19.1 Å². The SMILES string of the molecule is CCOC(=O)C1=C(C)NC(=S)N[C@@H]1c1ccccc1OCC(=O)NN=Cc1c(Cl)cccc1Cl. The van der Waals surface area contributed by atoms with E-state index < -0.39 is 17.9 Å². The smallest absolute Gasteiger partial charge is 0.338 e. The van der Waals surface area contributed by atoms with E-state index >= 15 is 0 Å². The van der Waals surface area contributed by atoms with Crippen molar-refractivity contribution in [2.24, 2.45) is 5.10 Å². The van der Waals surface area contributed by atoms with E-state index in [9.17, 15) is 9.59 Å². The number of thiocarbonyl (C=S) groups is 1. The number of nitrogens with one attached hydrogen (secondary N) is 3. The highest BCUT2D eigenvalue weighted by atomic mass is 35.5. The third kappa shape index (κ3) is 6.25. The van der Waals surface area contributed by atoms with Gasteiger partial charge in [0.25, 0.3) is 5.91 Å². The zero-order chi connectivity index (χ0) is 24.7. The van der Waals surface area contributed by atoms with Gasteiger partial charge in [-0.3, -0.25) is 4.79 Å². The lowest BCUT2D eigenvalue weighted by atomic mass is 9.95. The summed E-state index contributed by atoms with van der Waals surface area (Å²) in [6, 6.07) is 11.4. The first-order valence-corrected chi connectivity index (χ1v) is 11.4. The van der Waals surface area contributed by atoms with E-state index in [0.29, 0.717) is 43.3 Å². The maximum Gasteiger partial charge on any atom is 0.338 e. The first kappa shape index (κ1) is 25.5. The van der Waals surface area contributed by atoms with Gasteiger partial charge in [-0.05, 0) is 44.3 Å². The molecule has 0 spiro atoms. The molecule has 2 aromatic carbocycles. The van der Waals surface area contributed by atoms with E-state index in [2.05, 4.69) is 21.2 Å². The zero-order valence-corrected chi connectivity index (χ0v) is 20.7. The lowest BCUT2D eigenvalue weighted by Gasteiger charge is -2.30. The van der Waals surface area contributed by atoms with Gasteiger partial charge in [0.15, 0.2) is 11.7 Å². The Labute approximate surface area is 212 Å². The topological polar surface area (TPSA) is 101 Å². The van der Waals surface area contributed by atoms with Gasteiger partial charge in [0, 0.05) is 16.8 Å². The zero-order valence-electron chi connectivity index (χ0n) is 18.4. The maximum atomic E-state index is 12.6. The van der Waals surface area contributed by atoms with Crippen LogP contribution in [0.1, 0.15) is 31.0 Å². The second kappa shape index (κ2) is 11.8. The molecule has 0 unspecified atom stereocenters. The van der Waals surface area contributed by atoms with Crippen molar-refractivity contribution in [1.29, 1.82) is 0 Å². The first-order valence-electron chi connectivity index (χ1n) is 10.2. The summed E-state index contributed by atoms with van der Waals surface area (Å²) >= 11 is 17.4. The fraction of sp³-hybridized carbons (Fsp3) is 0.217. The summed E-state index contributed by atoms with van der Waals surface area (Å²) in [5.41, 5.74) is 4.42. The van der Waals surface area contributed by atoms with Gasteiger partial charge in [0.1, 0.15) is 5.75 Å². The highest BCUT2D eigenvalue weighted by Crippen LogP contribution is 2.33. The number of carbonyl (C=O) groups excluding carboxylic acids is 2. The molecule has 2 aromatic rings. The van der Waals surface area contributed by atoms with Crippen molar-refractivity contribution in [1.82, 2.24) is 16.1 Å². The van der Waals surface area contributed by atoms with Gasteiger partial charge >= 0.3 is 5.97 Å². The number of para-hydroxylation sites is 1. The van der Waals surface area contributed by atoms with Crippen LogP contribution in [0.2, 0.25) is 10.0 Å². The highest BCUT2D eigenvalue weighted by molar-refractivity contribution is 7.80. The molecular formula is C23H22Cl2N4O4S. The number of hydrazone groups is 1. The van der Waals surface area contributed by atoms with E-state index in [1.54, 1.807) is 56.3 Å². The molecule has 0 fully saturated rings. The van der Waals surface area contributed by atoms with Crippen LogP contribution in [-0.4, -0.2) is 36.4 Å². The van der Waals surface area contributed by atoms with Crippen LogP contribution in [0.4, 0.5) is 0 Å². The van der Waals surface area contributed by atoms with Crippen molar-refractivity contribution >= 4 is 58.6 Å². The minimum atomic E-state index is -0.618. The molecule has 0 aromatic heterocycles. The van der Waals surface area contributed by atoms with Gasteiger partial charge in [-0.2, -0.15) is 5.10 Å². The molecule has 1 amide bonds. The molecule has 0 saturated heterocycles. The van der Waals surface area contributed by atoms with E-state index in [0.717, 1.165) is 0 Å². The van der Waals surface area contributed by atoms with E-state index in [1.807, 2.05) is 0 Å². The van der Waals surface area contributed by atoms with Gasteiger partial charge in [-0.25, -0.2) is 10.2 Å². The van der Waals surface area contributed by atoms with Crippen molar-refractivity contribution in [3.8, 4) is 5.75 Å². The Bertz CT molecular complexity index is 1150. The lowest BCUT2D eigenvalue weighted by Crippen LogP contribution is -2.45. The molecule has 3 rings (SSSR count). The number of hydrogen-bond acceptors (Lipinski definition) is 6. The Balaban J connectivity index is 1.73. The van der Waals surface area contributed by atoms with Crippen LogP contribution >= 0.6 is 35.4 Å². The predicted octanol–water partition coefficient (Wildman–Crippen LogP) is 3.88. The molecule has 0 bridgehead atoms. The lowest BCUT2D eigenvalue weighted by molar-refractivity contribution is -0.139. The van der Waals surface area contributed by atoms with Crippen LogP contribution in [0, 0.1) is 0 Å². The summed E-state index contributed by atoms with van der Waals surface area (Å²) in [5, 5.41) is 11.1. The number of rotatable bonds is 8. The maximum absolute atomic E-state index is 12.6. The van der Waals surface area contributed by atoms with Crippen LogP contribution in [0.15, 0.2) is 58.8 Å². The number of nitrogens with zero attached hydrogens (tertiary/aromatic N) is 1. The van der Waals surface area contributed by atoms with Gasteiger partial charge < -0.3 is 20.1 Å². The van der Waals surface area contributed by atoms with Gasteiger partial charge in [0.2, 0.25) is 0 Å². The molecule has 1 aliphatic heterocycles. The monoisotopic (exact) mass is 520 g/mol. The van der Waals surface area contributed by atoms with Crippen LogP contribution in [-0.2, 0) is 14.3 Å². The van der Waals surface area contributed by atoms with Crippen molar-refractivity contribution in [3.05, 3.63) is 74.9 Å². The number of benzene rings is 2. The summed E-state index contributed by atoms with van der Waals surface area (Å²) in [6.45, 7) is 3.38. The molecular weight excluding hydrogens is 499 g/mol. The normalized spacial score (nSPS) is 15.5. The second-order valence-electron chi connectivity index (χ2n) is 7.05. The van der Waals surface area contributed by atoms with Gasteiger partial charge in [-0.1, -0.05) is 47.5 Å². The molecule has 1 atom stereocenters. The fourth-order valence-electron chi connectivity index (χ4n) is 3.24. The molecule has 0 aliphatic carbocycles. The van der Waals surface area contributed by atoms with Crippen LogP contribution in [0.25, 0.3) is 0 Å². The number of ether oxygens (including phenoxy) is 2. The number of esters is 1. The molecule has 11 heteroatoms. The van der Waals surface area contributed by atoms with Crippen molar-refractivity contribution in [3.63, 3.8) is 0 Å². The summed E-state index contributed by atoms with van der Waals surface area (Å²) in [5.74, 6) is -0.583. The van der Waals surface area contributed by atoms with Gasteiger partial charge in [0.05, 0.1) is 34.5 Å². The standard InChI is InChI=1S/C23H22Cl2N4O4S/c1-3-32-22(31)20-13(2)27-23(34)28-21(20)14-7-4-5-10-18(14)33-12-19(30)29-26-11-15-16(24)8-6-9-17(15)25/h4-11,21H,3,12H2,1-2H3,(H,29,30)(H2,27,28,34)/t21-/m1/s1. The molecule has 3 N–H and O–H groups in total. The van der Waals surface area contributed by atoms with Crippen LogP contribution < -0.4 is 20.8 Å². The Hall–Kier alpha value is -3.14. The Kier molecular flexibility index (Phi) is 8.86. The summed E-state index contributed by atoms with van der Waals surface area (Å²) in [4.78, 5) is 24.9. The number of halogens is 2. The molecule has 8 nitrogen and oxygen atoms in total. The average molecular weight is 521 g/mol. The number of allylic oxidation sites excluding steroid dienone is 1. The Morgan fingerprint density at radius 1 is 1.18 bits per heavy atom. The fourth-order valence-corrected chi connectivity index (χ4v) is 4.00. The quantitative estimate of drug-likeness (QED) is 0.210. The van der Waals surface area contributed by atoms with Crippen LogP contribution in [0.5, 0.6) is 5.75 Å². The number of amides is 1. The molecule has 1 aliphatic rings. The molecule has 34 heavy (non-hydrogen) atoms. The Morgan fingerprint density at radius 3 is 2.59 bits per heavy atom. The van der Waals surface area contributed by atoms with Crippen molar-refractivity contribution in [2.45, 2.75) is 19.9 Å². The molecule has 0 radical (unpaired) electrons. The number of hydrogen-bond donors (Lipinski definition) is 3. The minimum absolute atomic E-state index is 0.227. The van der Waals surface area contributed by atoms with E-state index in [1.165, 1.54) is 6.21 Å². The molecule has 1 heterocycles. The van der Waals surface area contributed by atoms with E-state index in [4.69, 9.17) is 44.9 Å².